The molecule has 104 valence electrons. The van der Waals surface area contributed by atoms with Crippen molar-refractivity contribution in [2.45, 2.75) is 31.7 Å². The highest BCUT2D eigenvalue weighted by atomic mass is 19.3. The Hall–Kier alpha value is -0.750. The van der Waals surface area contributed by atoms with Crippen LogP contribution in [0.2, 0.25) is 0 Å². The van der Waals surface area contributed by atoms with Gasteiger partial charge in [-0.3, -0.25) is 4.79 Å². The highest BCUT2D eigenvalue weighted by Gasteiger charge is 2.36. The molecule has 2 rings (SSSR count). The van der Waals surface area contributed by atoms with Crippen LogP contribution in [0.1, 0.15) is 19.3 Å². The van der Waals surface area contributed by atoms with E-state index in [1.165, 1.54) is 6.42 Å². The average molecular weight is 262 g/mol. The summed E-state index contributed by atoms with van der Waals surface area (Å²) >= 11 is 0. The third kappa shape index (κ3) is 3.38. The van der Waals surface area contributed by atoms with Crippen LogP contribution in [0.4, 0.5) is 8.78 Å². The first-order valence-corrected chi connectivity index (χ1v) is 6.54. The van der Waals surface area contributed by atoms with Crippen LogP contribution >= 0.6 is 0 Å². The third-order valence-corrected chi connectivity index (χ3v) is 3.70. The van der Waals surface area contributed by atoms with Gasteiger partial charge in [-0.25, -0.2) is 8.78 Å². The summed E-state index contributed by atoms with van der Waals surface area (Å²) in [4.78, 5) is 13.9. The van der Waals surface area contributed by atoms with Gasteiger partial charge < -0.3 is 15.0 Å². The van der Waals surface area contributed by atoms with Crippen molar-refractivity contribution in [3.63, 3.8) is 0 Å². The Balaban J connectivity index is 1.74. The van der Waals surface area contributed by atoms with E-state index in [-0.39, 0.29) is 18.9 Å². The maximum Gasteiger partial charge on any atom is 0.261 e. The van der Waals surface area contributed by atoms with Crippen LogP contribution in [0.3, 0.4) is 0 Å². The number of ether oxygens (including phenoxy) is 1. The van der Waals surface area contributed by atoms with Crippen molar-refractivity contribution in [3.05, 3.63) is 0 Å². The number of likely N-dealkylation sites (tertiary alicyclic amines) is 1. The quantitative estimate of drug-likeness (QED) is 0.747. The largest absolute Gasteiger partial charge is 0.375 e. The van der Waals surface area contributed by atoms with Crippen LogP contribution in [0, 0.1) is 5.92 Å². The van der Waals surface area contributed by atoms with Crippen LogP contribution in [0.25, 0.3) is 0 Å². The summed E-state index contributed by atoms with van der Waals surface area (Å²) < 4.78 is 28.5. The zero-order valence-corrected chi connectivity index (χ0v) is 10.4. The van der Waals surface area contributed by atoms with Gasteiger partial charge in [-0.05, 0) is 18.8 Å². The Bertz CT molecular complexity index is 289. The molecule has 0 saturated carbocycles. The third-order valence-electron chi connectivity index (χ3n) is 3.70. The minimum atomic E-state index is -2.46. The maximum absolute atomic E-state index is 12.0. The van der Waals surface area contributed by atoms with Crippen LogP contribution in [-0.4, -0.2) is 56.1 Å². The van der Waals surface area contributed by atoms with Crippen LogP contribution in [0.15, 0.2) is 0 Å². The zero-order chi connectivity index (χ0) is 13.0. The van der Waals surface area contributed by atoms with Gasteiger partial charge in [0.1, 0.15) is 6.61 Å². The lowest BCUT2D eigenvalue weighted by molar-refractivity contribution is -0.137. The van der Waals surface area contributed by atoms with E-state index in [9.17, 15) is 13.6 Å². The molecule has 2 heterocycles. The zero-order valence-electron chi connectivity index (χ0n) is 10.4. The van der Waals surface area contributed by atoms with Crippen LogP contribution < -0.4 is 5.32 Å². The van der Waals surface area contributed by atoms with E-state index in [0.717, 1.165) is 26.1 Å². The van der Waals surface area contributed by atoms with Gasteiger partial charge in [0.05, 0.1) is 13.0 Å². The summed E-state index contributed by atoms with van der Waals surface area (Å²) in [5.41, 5.74) is 0. The number of piperidine rings is 1. The van der Waals surface area contributed by atoms with Gasteiger partial charge in [0.2, 0.25) is 5.91 Å². The lowest BCUT2D eigenvalue weighted by Crippen LogP contribution is -2.48. The van der Waals surface area contributed by atoms with Gasteiger partial charge in [0.25, 0.3) is 6.43 Å². The fourth-order valence-electron chi connectivity index (χ4n) is 2.85. The number of halogens is 2. The fraction of sp³-hybridized carbons (Fsp3) is 0.917. The molecule has 2 atom stereocenters. The Morgan fingerprint density at radius 3 is 3.06 bits per heavy atom. The monoisotopic (exact) mass is 262 g/mol. The molecule has 6 heteroatoms. The van der Waals surface area contributed by atoms with Crippen LogP contribution in [-0.2, 0) is 9.53 Å². The van der Waals surface area contributed by atoms with Gasteiger partial charge in [0.15, 0.2) is 0 Å². The molecule has 1 N–H and O–H groups in total. The van der Waals surface area contributed by atoms with E-state index < -0.39 is 13.0 Å². The first-order valence-electron chi connectivity index (χ1n) is 6.54. The molecule has 2 fully saturated rings. The highest BCUT2D eigenvalue weighted by Crippen LogP contribution is 2.26. The number of alkyl halides is 2. The summed E-state index contributed by atoms with van der Waals surface area (Å²) in [6.45, 7) is 2.13. The Morgan fingerprint density at radius 1 is 1.44 bits per heavy atom. The number of hydrogen-bond acceptors (Lipinski definition) is 3. The second kappa shape index (κ2) is 6.43. The molecule has 0 aliphatic carbocycles. The van der Waals surface area contributed by atoms with Crippen molar-refractivity contribution in [2.24, 2.45) is 5.92 Å². The Kier molecular flexibility index (Phi) is 4.88. The highest BCUT2D eigenvalue weighted by molar-refractivity contribution is 5.76. The molecule has 2 aliphatic rings. The first kappa shape index (κ1) is 13.7. The van der Waals surface area contributed by atoms with Gasteiger partial charge >= 0.3 is 0 Å². The molecular formula is C12H20F2N2O2. The minimum Gasteiger partial charge on any atom is -0.375 e. The molecule has 2 saturated heterocycles. The van der Waals surface area contributed by atoms with Crippen LogP contribution in [0.5, 0.6) is 0 Å². The number of nitrogens with zero attached hydrogens (tertiary/aromatic N) is 1. The van der Waals surface area contributed by atoms with Crippen molar-refractivity contribution in [1.82, 2.24) is 10.2 Å². The molecule has 0 aromatic rings. The normalized spacial score (nSPS) is 27.6. The van der Waals surface area contributed by atoms with E-state index in [0.29, 0.717) is 12.0 Å². The SMILES string of the molecule is O=C(CCOCC(F)F)N1CCCC2CNCC21. The molecule has 1 amide bonds. The summed E-state index contributed by atoms with van der Waals surface area (Å²) in [5.74, 6) is 0.590. The predicted molar refractivity (Wildman–Crippen MR) is 62.5 cm³/mol. The van der Waals surface area contributed by atoms with E-state index in [2.05, 4.69) is 5.32 Å². The lowest BCUT2D eigenvalue weighted by atomic mass is 9.92. The van der Waals surface area contributed by atoms with E-state index >= 15 is 0 Å². The number of fused-ring (bicyclic) bond motifs is 1. The molecule has 0 bridgehead atoms. The average Bonchev–Trinajstić information content (AvgIpc) is 2.82. The second-order valence-corrected chi connectivity index (χ2v) is 4.93. The lowest BCUT2D eigenvalue weighted by Gasteiger charge is -2.37. The molecule has 0 aromatic carbocycles. The summed E-state index contributed by atoms with van der Waals surface area (Å²) in [7, 11) is 0. The molecule has 4 nitrogen and oxygen atoms in total. The number of amides is 1. The van der Waals surface area contributed by atoms with Crippen molar-refractivity contribution < 1.29 is 18.3 Å². The van der Waals surface area contributed by atoms with Gasteiger partial charge in [-0.1, -0.05) is 0 Å². The van der Waals surface area contributed by atoms with Gasteiger partial charge in [-0.15, -0.1) is 0 Å². The summed E-state index contributed by atoms with van der Waals surface area (Å²) in [6.07, 6.45) is -0.0512. The van der Waals surface area contributed by atoms with Crippen molar-refractivity contribution in [3.8, 4) is 0 Å². The number of carbonyl (C=O) groups is 1. The van der Waals surface area contributed by atoms with E-state index in [1.807, 2.05) is 4.90 Å². The molecule has 2 unspecified atom stereocenters. The van der Waals surface area contributed by atoms with Crippen molar-refractivity contribution >= 4 is 5.91 Å². The fourth-order valence-corrected chi connectivity index (χ4v) is 2.85. The topological polar surface area (TPSA) is 41.6 Å². The summed E-state index contributed by atoms with van der Waals surface area (Å²) in [5, 5.41) is 3.31. The van der Waals surface area contributed by atoms with Crippen molar-refractivity contribution in [2.75, 3.05) is 32.8 Å². The van der Waals surface area contributed by atoms with E-state index in [1.54, 1.807) is 0 Å². The Labute approximate surface area is 106 Å². The van der Waals surface area contributed by atoms with Crippen molar-refractivity contribution in [1.29, 1.82) is 0 Å². The molecule has 0 aromatic heterocycles. The molecule has 18 heavy (non-hydrogen) atoms. The molecule has 0 spiro atoms. The number of hydrogen-bond donors (Lipinski definition) is 1. The summed E-state index contributed by atoms with van der Waals surface area (Å²) in [6, 6.07) is 0.293. The smallest absolute Gasteiger partial charge is 0.261 e. The molecule has 0 radical (unpaired) electrons. The predicted octanol–water partition coefficient (Wildman–Crippen LogP) is 0.869. The molecular weight excluding hydrogens is 242 g/mol. The van der Waals surface area contributed by atoms with Gasteiger partial charge in [0, 0.05) is 25.7 Å². The second-order valence-electron chi connectivity index (χ2n) is 4.93. The number of carbonyl (C=O) groups excluding carboxylic acids is 1. The van der Waals surface area contributed by atoms with Gasteiger partial charge in [-0.2, -0.15) is 0 Å². The molecule has 2 aliphatic heterocycles. The number of rotatable bonds is 5. The maximum atomic E-state index is 12.0. The standard InChI is InChI=1S/C12H20F2N2O2/c13-11(14)8-18-5-3-12(17)16-4-1-2-9-6-15-7-10(9)16/h9-11,15H,1-8H2. The van der Waals surface area contributed by atoms with E-state index in [4.69, 9.17) is 4.74 Å². The minimum absolute atomic E-state index is 0.0302. The number of nitrogens with one attached hydrogen (secondary N) is 1. The Morgan fingerprint density at radius 2 is 2.28 bits per heavy atom. The first-order chi connectivity index (χ1) is 8.68.